The van der Waals surface area contributed by atoms with E-state index in [2.05, 4.69) is 5.32 Å². The van der Waals surface area contributed by atoms with Crippen LogP contribution in [-0.2, 0) is 9.53 Å². The molecule has 0 aliphatic carbocycles. The zero-order valence-corrected chi connectivity index (χ0v) is 11.3. The molecule has 21 heavy (non-hydrogen) atoms. The molecule has 1 saturated heterocycles. The number of benzene rings is 1. The van der Waals surface area contributed by atoms with Crippen molar-refractivity contribution in [2.45, 2.75) is 18.9 Å². The molecule has 1 aliphatic heterocycles. The summed E-state index contributed by atoms with van der Waals surface area (Å²) < 4.78 is 23.4. The minimum Gasteiger partial charge on any atom is -0.483 e. The van der Waals surface area contributed by atoms with Gasteiger partial charge in [-0.15, -0.1) is 0 Å². The third-order valence-corrected chi connectivity index (χ3v) is 3.12. The largest absolute Gasteiger partial charge is 0.483 e. The van der Waals surface area contributed by atoms with E-state index in [0.29, 0.717) is 13.2 Å². The van der Waals surface area contributed by atoms with Gasteiger partial charge >= 0.3 is 5.97 Å². The molecule has 1 amide bonds. The van der Waals surface area contributed by atoms with Crippen molar-refractivity contribution in [2.24, 2.45) is 0 Å². The third kappa shape index (κ3) is 4.42. The monoisotopic (exact) mass is 297 g/mol. The summed E-state index contributed by atoms with van der Waals surface area (Å²) in [6, 6.07) is 3.11. The van der Waals surface area contributed by atoms with E-state index in [1.165, 1.54) is 0 Å². The maximum Gasteiger partial charge on any atom is 0.339 e. The summed E-state index contributed by atoms with van der Waals surface area (Å²) in [7, 11) is 0. The highest BCUT2D eigenvalue weighted by atomic mass is 19.1. The van der Waals surface area contributed by atoms with Gasteiger partial charge in [-0.25, -0.2) is 9.18 Å². The lowest BCUT2D eigenvalue weighted by molar-refractivity contribution is -0.124. The Bertz CT molecular complexity index is 528. The lowest BCUT2D eigenvalue weighted by Gasteiger charge is -2.23. The van der Waals surface area contributed by atoms with Gasteiger partial charge in [0.25, 0.3) is 5.91 Å². The van der Waals surface area contributed by atoms with Crippen LogP contribution in [0.1, 0.15) is 23.2 Å². The third-order valence-electron chi connectivity index (χ3n) is 3.12. The number of hydrogen-bond acceptors (Lipinski definition) is 4. The molecule has 0 radical (unpaired) electrons. The van der Waals surface area contributed by atoms with Gasteiger partial charge in [-0.3, -0.25) is 4.79 Å². The van der Waals surface area contributed by atoms with E-state index in [-0.39, 0.29) is 29.9 Å². The number of ether oxygens (including phenoxy) is 2. The average Bonchev–Trinajstić information content (AvgIpc) is 2.46. The number of carbonyl (C=O) groups excluding carboxylic acids is 1. The van der Waals surface area contributed by atoms with Crippen molar-refractivity contribution < 1.29 is 28.6 Å². The van der Waals surface area contributed by atoms with Gasteiger partial charge in [0.1, 0.15) is 17.1 Å². The van der Waals surface area contributed by atoms with Gasteiger partial charge in [-0.2, -0.15) is 0 Å². The second kappa shape index (κ2) is 7.03. The van der Waals surface area contributed by atoms with Gasteiger partial charge < -0.3 is 19.9 Å². The Labute approximate surface area is 120 Å². The van der Waals surface area contributed by atoms with Crippen LogP contribution in [0.25, 0.3) is 0 Å². The van der Waals surface area contributed by atoms with E-state index in [1.807, 2.05) is 0 Å². The number of carboxylic acids is 1. The molecule has 0 atom stereocenters. The fourth-order valence-electron chi connectivity index (χ4n) is 2.05. The van der Waals surface area contributed by atoms with Crippen molar-refractivity contribution >= 4 is 11.9 Å². The van der Waals surface area contributed by atoms with E-state index in [0.717, 1.165) is 31.0 Å². The molecule has 0 bridgehead atoms. The summed E-state index contributed by atoms with van der Waals surface area (Å²) in [4.78, 5) is 22.7. The lowest BCUT2D eigenvalue weighted by atomic mass is 10.1. The first kappa shape index (κ1) is 15.2. The maximum atomic E-state index is 13.1. The molecule has 0 spiro atoms. The van der Waals surface area contributed by atoms with Crippen molar-refractivity contribution in [3.63, 3.8) is 0 Å². The second-order valence-electron chi connectivity index (χ2n) is 4.69. The van der Waals surface area contributed by atoms with E-state index in [4.69, 9.17) is 14.6 Å². The predicted octanol–water partition coefficient (Wildman–Crippen LogP) is 1.20. The number of rotatable bonds is 5. The Morgan fingerprint density at radius 3 is 2.76 bits per heavy atom. The number of aromatic carboxylic acids is 1. The first-order valence-corrected chi connectivity index (χ1v) is 6.59. The molecule has 0 aromatic heterocycles. The van der Waals surface area contributed by atoms with E-state index in [1.54, 1.807) is 0 Å². The van der Waals surface area contributed by atoms with Gasteiger partial charge in [-0.1, -0.05) is 0 Å². The summed E-state index contributed by atoms with van der Waals surface area (Å²) in [5, 5.41) is 11.7. The molecular weight excluding hydrogens is 281 g/mol. The number of carbonyl (C=O) groups is 2. The number of halogens is 1. The molecule has 2 rings (SSSR count). The fraction of sp³-hybridized carbons (Fsp3) is 0.429. The molecular formula is C14H16FNO5. The summed E-state index contributed by atoms with van der Waals surface area (Å²) in [5.74, 6) is -2.40. The van der Waals surface area contributed by atoms with Crippen LogP contribution < -0.4 is 10.1 Å². The van der Waals surface area contributed by atoms with Gasteiger partial charge in [0.2, 0.25) is 0 Å². The van der Waals surface area contributed by atoms with Crippen LogP contribution in [0.2, 0.25) is 0 Å². The van der Waals surface area contributed by atoms with Crippen LogP contribution in [0.3, 0.4) is 0 Å². The molecule has 1 aliphatic rings. The number of nitrogens with one attached hydrogen (secondary N) is 1. The normalized spacial score (nSPS) is 15.5. The summed E-state index contributed by atoms with van der Waals surface area (Å²) >= 11 is 0. The molecule has 0 unspecified atom stereocenters. The molecule has 1 aromatic rings. The van der Waals surface area contributed by atoms with Crippen molar-refractivity contribution in [2.75, 3.05) is 19.8 Å². The lowest BCUT2D eigenvalue weighted by Crippen LogP contribution is -2.41. The molecule has 2 N–H and O–H groups in total. The molecule has 6 nitrogen and oxygen atoms in total. The minimum atomic E-state index is -1.24. The van der Waals surface area contributed by atoms with Crippen LogP contribution in [-0.4, -0.2) is 42.8 Å². The van der Waals surface area contributed by atoms with Crippen LogP contribution in [0.4, 0.5) is 4.39 Å². The molecule has 0 saturated carbocycles. The maximum absolute atomic E-state index is 13.1. The highest BCUT2D eigenvalue weighted by Gasteiger charge is 2.17. The van der Waals surface area contributed by atoms with Gasteiger partial charge in [0, 0.05) is 25.3 Å². The van der Waals surface area contributed by atoms with Crippen molar-refractivity contribution in [3.05, 3.63) is 29.6 Å². The summed E-state index contributed by atoms with van der Waals surface area (Å²) in [6.45, 7) is 0.832. The van der Waals surface area contributed by atoms with Gasteiger partial charge in [0.15, 0.2) is 6.61 Å². The van der Waals surface area contributed by atoms with Crippen LogP contribution in [0, 0.1) is 5.82 Å². The second-order valence-corrected chi connectivity index (χ2v) is 4.69. The molecule has 1 heterocycles. The first-order valence-electron chi connectivity index (χ1n) is 6.59. The Kier molecular flexibility index (Phi) is 5.10. The molecule has 1 aromatic carbocycles. The number of carboxylic acid groups (broad SMARTS) is 1. The number of hydrogen-bond donors (Lipinski definition) is 2. The fourth-order valence-corrected chi connectivity index (χ4v) is 2.05. The van der Waals surface area contributed by atoms with Gasteiger partial charge in [0.05, 0.1) is 0 Å². The topological polar surface area (TPSA) is 84.9 Å². The Balaban J connectivity index is 1.91. The SMILES string of the molecule is O=C(COc1cc(F)ccc1C(=O)O)NC1CCOCC1. The Hall–Kier alpha value is -2.15. The van der Waals surface area contributed by atoms with E-state index >= 15 is 0 Å². The highest BCUT2D eigenvalue weighted by molar-refractivity contribution is 5.91. The molecule has 114 valence electrons. The van der Waals surface area contributed by atoms with Crippen LogP contribution >= 0.6 is 0 Å². The highest BCUT2D eigenvalue weighted by Crippen LogP contribution is 2.20. The van der Waals surface area contributed by atoms with Crippen molar-refractivity contribution in [3.8, 4) is 5.75 Å². The predicted molar refractivity (Wildman–Crippen MR) is 70.8 cm³/mol. The van der Waals surface area contributed by atoms with E-state index in [9.17, 15) is 14.0 Å². The quantitative estimate of drug-likeness (QED) is 0.853. The smallest absolute Gasteiger partial charge is 0.339 e. The average molecular weight is 297 g/mol. The molecule has 7 heteroatoms. The zero-order chi connectivity index (χ0) is 15.2. The van der Waals surface area contributed by atoms with Crippen molar-refractivity contribution in [1.29, 1.82) is 0 Å². The van der Waals surface area contributed by atoms with E-state index < -0.39 is 11.8 Å². The molecule has 1 fully saturated rings. The van der Waals surface area contributed by atoms with Gasteiger partial charge in [-0.05, 0) is 25.0 Å². The van der Waals surface area contributed by atoms with Crippen molar-refractivity contribution in [1.82, 2.24) is 5.32 Å². The number of amides is 1. The Morgan fingerprint density at radius 1 is 1.38 bits per heavy atom. The summed E-state index contributed by atoms with van der Waals surface area (Å²) in [6.07, 6.45) is 1.46. The standard InChI is InChI=1S/C14H16FNO5/c15-9-1-2-11(14(18)19)12(7-9)21-8-13(17)16-10-3-5-20-6-4-10/h1-2,7,10H,3-6,8H2,(H,16,17)(H,18,19). The Morgan fingerprint density at radius 2 is 2.10 bits per heavy atom. The minimum absolute atomic E-state index is 0.0290. The first-order chi connectivity index (χ1) is 10.1. The van der Waals surface area contributed by atoms with Crippen LogP contribution in [0.5, 0.6) is 5.75 Å². The zero-order valence-electron chi connectivity index (χ0n) is 11.3. The summed E-state index contributed by atoms with van der Waals surface area (Å²) in [5.41, 5.74) is -0.185. The van der Waals surface area contributed by atoms with Crippen LogP contribution in [0.15, 0.2) is 18.2 Å².